The van der Waals surface area contributed by atoms with Crippen molar-refractivity contribution >= 4 is 11.6 Å². The van der Waals surface area contributed by atoms with Crippen LogP contribution >= 0.6 is 11.6 Å². The Bertz CT molecular complexity index is 497. The summed E-state index contributed by atoms with van der Waals surface area (Å²) in [5, 5.41) is 4.11. The largest absolute Gasteiger partial charge is 0.313 e. The van der Waals surface area contributed by atoms with Crippen LogP contribution < -0.4 is 5.32 Å². The Labute approximate surface area is 113 Å². The molecule has 0 saturated heterocycles. The molecule has 1 aromatic heterocycles. The van der Waals surface area contributed by atoms with Gasteiger partial charge in [0.05, 0.1) is 0 Å². The molecule has 0 atom stereocenters. The van der Waals surface area contributed by atoms with E-state index in [0.717, 1.165) is 35.8 Å². The molecular formula is C15H17ClN2. The van der Waals surface area contributed by atoms with Crippen molar-refractivity contribution in [3.8, 4) is 0 Å². The summed E-state index contributed by atoms with van der Waals surface area (Å²) >= 11 is 6.30. The van der Waals surface area contributed by atoms with Gasteiger partial charge in [0.15, 0.2) is 0 Å². The summed E-state index contributed by atoms with van der Waals surface area (Å²) in [5.74, 6) is 0. The molecule has 0 saturated carbocycles. The summed E-state index contributed by atoms with van der Waals surface area (Å²) in [6.07, 6.45) is 2.59. The smallest absolute Gasteiger partial charge is 0.0447 e. The Morgan fingerprint density at radius 1 is 1.22 bits per heavy atom. The van der Waals surface area contributed by atoms with E-state index in [1.165, 1.54) is 5.56 Å². The molecule has 1 heterocycles. The number of nitrogens with zero attached hydrogens (tertiary/aromatic N) is 1. The van der Waals surface area contributed by atoms with Gasteiger partial charge in [-0.15, -0.1) is 0 Å². The number of halogens is 1. The monoisotopic (exact) mass is 260 g/mol. The summed E-state index contributed by atoms with van der Waals surface area (Å²) in [4.78, 5) is 4.32. The number of aromatic nitrogens is 1. The minimum atomic E-state index is 0.779. The fraction of sp³-hybridized carbons (Fsp3) is 0.267. The zero-order valence-electron chi connectivity index (χ0n) is 10.5. The molecule has 0 aliphatic carbocycles. The minimum absolute atomic E-state index is 0.779. The van der Waals surface area contributed by atoms with Gasteiger partial charge in [0.1, 0.15) is 0 Å². The molecule has 0 unspecified atom stereocenters. The van der Waals surface area contributed by atoms with Crippen LogP contribution in [0.1, 0.15) is 23.7 Å². The van der Waals surface area contributed by atoms with E-state index in [2.05, 4.69) is 29.4 Å². The standard InChI is InChI=1S/C15H17ClN2/c1-2-17-11-12-6-7-13(15(16)9-12)10-14-5-3-4-8-18-14/h3-9,17H,2,10-11H2,1H3. The maximum Gasteiger partial charge on any atom is 0.0447 e. The third-order valence-electron chi connectivity index (χ3n) is 2.79. The van der Waals surface area contributed by atoms with Gasteiger partial charge < -0.3 is 5.32 Å². The van der Waals surface area contributed by atoms with Crippen molar-refractivity contribution in [2.45, 2.75) is 19.9 Å². The molecular weight excluding hydrogens is 244 g/mol. The van der Waals surface area contributed by atoms with Gasteiger partial charge in [0.2, 0.25) is 0 Å². The molecule has 0 fully saturated rings. The maximum absolute atomic E-state index is 6.30. The number of hydrogen-bond acceptors (Lipinski definition) is 2. The Hall–Kier alpha value is -1.38. The highest BCUT2D eigenvalue weighted by molar-refractivity contribution is 6.31. The van der Waals surface area contributed by atoms with Crippen molar-refractivity contribution in [3.63, 3.8) is 0 Å². The van der Waals surface area contributed by atoms with E-state index in [-0.39, 0.29) is 0 Å². The predicted molar refractivity (Wildman–Crippen MR) is 75.9 cm³/mol. The Kier molecular flexibility index (Phi) is 4.73. The average molecular weight is 261 g/mol. The summed E-state index contributed by atoms with van der Waals surface area (Å²) in [5.41, 5.74) is 3.38. The van der Waals surface area contributed by atoms with Crippen LogP contribution in [-0.4, -0.2) is 11.5 Å². The van der Waals surface area contributed by atoms with E-state index >= 15 is 0 Å². The lowest BCUT2D eigenvalue weighted by Gasteiger charge is -2.07. The van der Waals surface area contributed by atoms with Gasteiger partial charge in [-0.25, -0.2) is 0 Å². The molecule has 1 N–H and O–H groups in total. The normalized spacial score (nSPS) is 10.6. The molecule has 94 valence electrons. The summed E-state index contributed by atoms with van der Waals surface area (Å²) in [7, 11) is 0. The highest BCUT2D eigenvalue weighted by Crippen LogP contribution is 2.20. The molecule has 0 aliphatic heterocycles. The van der Waals surface area contributed by atoms with Gasteiger partial charge in [-0.2, -0.15) is 0 Å². The van der Waals surface area contributed by atoms with E-state index in [9.17, 15) is 0 Å². The number of nitrogens with one attached hydrogen (secondary N) is 1. The van der Waals surface area contributed by atoms with Gasteiger partial charge in [-0.1, -0.05) is 36.7 Å². The fourth-order valence-electron chi connectivity index (χ4n) is 1.81. The Morgan fingerprint density at radius 2 is 2.11 bits per heavy atom. The van der Waals surface area contributed by atoms with Crippen LogP contribution in [0.4, 0.5) is 0 Å². The number of hydrogen-bond donors (Lipinski definition) is 1. The average Bonchev–Trinajstić information content (AvgIpc) is 2.40. The van der Waals surface area contributed by atoms with Crippen LogP contribution in [0.15, 0.2) is 42.6 Å². The topological polar surface area (TPSA) is 24.9 Å². The lowest BCUT2D eigenvalue weighted by atomic mass is 10.1. The van der Waals surface area contributed by atoms with Crippen molar-refractivity contribution in [1.82, 2.24) is 10.3 Å². The van der Waals surface area contributed by atoms with Gasteiger partial charge in [-0.05, 0) is 35.9 Å². The molecule has 18 heavy (non-hydrogen) atoms. The van der Waals surface area contributed by atoms with Gasteiger partial charge in [0.25, 0.3) is 0 Å². The Balaban J connectivity index is 2.10. The van der Waals surface area contributed by atoms with Crippen LogP contribution in [0.25, 0.3) is 0 Å². The van der Waals surface area contributed by atoms with Crippen molar-refractivity contribution < 1.29 is 0 Å². The first kappa shape index (κ1) is 13.1. The molecule has 3 heteroatoms. The number of benzene rings is 1. The van der Waals surface area contributed by atoms with Crippen LogP contribution in [-0.2, 0) is 13.0 Å². The Morgan fingerprint density at radius 3 is 2.78 bits per heavy atom. The highest BCUT2D eigenvalue weighted by atomic mass is 35.5. The second kappa shape index (κ2) is 6.53. The van der Waals surface area contributed by atoms with E-state index in [0.29, 0.717) is 0 Å². The molecule has 0 spiro atoms. The van der Waals surface area contributed by atoms with E-state index in [4.69, 9.17) is 11.6 Å². The second-order valence-corrected chi connectivity index (χ2v) is 4.61. The molecule has 1 aromatic carbocycles. The lowest BCUT2D eigenvalue weighted by Crippen LogP contribution is -2.11. The zero-order chi connectivity index (χ0) is 12.8. The summed E-state index contributed by atoms with van der Waals surface area (Å²) < 4.78 is 0. The molecule has 0 aliphatic rings. The fourth-order valence-corrected chi connectivity index (χ4v) is 2.08. The van der Waals surface area contributed by atoms with Crippen LogP contribution in [0.2, 0.25) is 5.02 Å². The molecule has 0 bridgehead atoms. The zero-order valence-corrected chi connectivity index (χ0v) is 11.2. The first-order valence-electron chi connectivity index (χ1n) is 6.17. The predicted octanol–water partition coefficient (Wildman–Crippen LogP) is 3.44. The molecule has 0 radical (unpaired) electrons. The van der Waals surface area contributed by atoms with Crippen LogP contribution in [0.3, 0.4) is 0 Å². The van der Waals surface area contributed by atoms with Crippen LogP contribution in [0, 0.1) is 0 Å². The third-order valence-corrected chi connectivity index (χ3v) is 3.15. The van der Waals surface area contributed by atoms with Crippen molar-refractivity contribution in [3.05, 3.63) is 64.4 Å². The molecule has 2 rings (SSSR count). The SMILES string of the molecule is CCNCc1ccc(Cc2ccccn2)c(Cl)c1. The maximum atomic E-state index is 6.30. The summed E-state index contributed by atoms with van der Waals surface area (Å²) in [6, 6.07) is 12.2. The lowest BCUT2D eigenvalue weighted by molar-refractivity contribution is 0.726. The first-order valence-corrected chi connectivity index (χ1v) is 6.55. The molecule has 2 nitrogen and oxygen atoms in total. The molecule has 2 aromatic rings. The quantitative estimate of drug-likeness (QED) is 0.891. The van der Waals surface area contributed by atoms with E-state index < -0.39 is 0 Å². The van der Waals surface area contributed by atoms with Crippen molar-refractivity contribution in [1.29, 1.82) is 0 Å². The van der Waals surface area contributed by atoms with Gasteiger partial charge >= 0.3 is 0 Å². The van der Waals surface area contributed by atoms with Gasteiger partial charge in [-0.3, -0.25) is 4.98 Å². The summed E-state index contributed by atoms with van der Waals surface area (Å²) in [6.45, 7) is 3.92. The van der Waals surface area contributed by atoms with E-state index in [1.54, 1.807) is 0 Å². The van der Waals surface area contributed by atoms with Gasteiger partial charge in [0, 0.05) is 29.9 Å². The van der Waals surface area contributed by atoms with Crippen molar-refractivity contribution in [2.75, 3.05) is 6.54 Å². The third kappa shape index (κ3) is 3.56. The molecule has 0 amide bonds. The van der Waals surface area contributed by atoms with Crippen LogP contribution in [0.5, 0.6) is 0 Å². The van der Waals surface area contributed by atoms with Crippen molar-refractivity contribution in [2.24, 2.45) is 0 Å². The first-order chi connectivity index (χ1) is 8.79. The van der Waals surface area contributed by atoms with E-state index in [1.807, 2.05) is 30.5 Å². The number of rotatable bonds is 5. The minimum Gasteiger partial charge on any atom is -0.313 e. The second-order valence-electron chi connectivity index (χ2n) is 4.20. The highest BCUT2D eigenvalue weighted by Gasteiger charge is 2.03. The number of pyridine rings is 1.